The van der Waals surface area contributed by atoms with Gasteiger partial charge >= 0.3 is 5.97 Å². The number of aryl methyl sites for hydroxylation is 2. The van der Waals surface area contributed by atoms with Crippen LogP contribution in [0.3, 0.4) is 0 Å². The van der Waals surface area contributed by atoms with Crippen molar-refractivity contribution in [2.45, 2.75) is 32.1 Å². The predicted octanol–water partition coefficient (Wildman–Crippen LogP) is 5.66. The smallest absolute Gasteiger partial charge is 0.316 e. The van der Waals surface area contributed by atoms with Gasteiger partial charge in [0.25, 0.3) is 0 Å². The summed E-state index contributed by atoms with van der Waals surface area (Å²) in [5.41, 5.74) is 7.48. The number of esters is 1. The average Bonchev–Trinajstić information content (AvgIpc) is 3.54. The van der Waals surface area contributed by atoms with E-state index in [-0.39, 0.29) is 42.5 Å². The molecule has 7 heteroatoms. The standard InChI is InChI=1S/C37H30N2O5/c1-20-8-7-9-23(16-20)38-19-22(18-30(38)40)37(43)44-24-14-15-29(21(2)17-24)39-35(41)33-31-25-10-3-4-11-26(25)32(34(33)36(39)42)28-13-6-5-12-27(28)31/h3-17,22,31-34H,18-19H2,1-2H3/t22-,31?,32?,33+,34+/m1/s1. The molecule has 4 aromatic carbocycles. The number of imide groups is 1. The summed E-state index contributed by atoms with van der Waals surface area (Å²) in [4.78, 5) is 57.1. The zero-order chi connectivity index (χ0) is 30.3. The highest BCUT2D eigenvalue weighted by Gasteiger charge is 2.61. The van der Waals surface area contributed by atoms with E-state index in [9.17, 15) is 19.2 Å². The SMILES string of the molecule is Cc1cccc(N2C[C@H](C(=O)Oc3ccc(N4C(=O)[C@H]5C6c7ccccc7C(c7ccccc76)[C@@H]5C4=O)c(C)c3)CC2=O)c1. The highest BCUT2D eigenvalue weighted by Crippen LogP contribution is 2.61. The maximum absolute atomic E-state index is 14.1. The van der Waals surface area contributed by atoms with E-state index in [2.05, 4.69) is 24.3 Å². The molecule has 9 rings (SSSR count). The maximum atomic E-state index is 14.1. The molecule has 0 saturated carbocycles. The molecule has 3 atom stereocenters. The normalized spacial score (nSPS) is 24.8. The minimum Gasteiger partial charge on any atom is -0.426 e. The first-order valence-electron chi connectivity index (χ1n) is 15.1. The maximum Gasteiger partial charge on any atom is 0.316 e. The summed E-state index contributed by atoms with van der Waals surface area (Å²) in [6.45, 7) is 4.03. The lowest BCUT2D eigenvalue weighted by molar-refractivity contribution is -0.139. The third-order valence-corrected chi connectivity index (χ3v) is 9.85. The quantitative estimate of drug-likeness (QED) is 0.176. The van der Waals surface area contributed by atoms with Gasteiger partial charge < -0.3 is 9.64 Å². The number of hydrogen-bond donors (Lipinski definition) is 0. The van der Waals surface area contributed by atoms with E-state index in [1.807, 2.05) is 62.4 Å². The van der Waals surface area contributed by atoms with Crippen molar-refractivity contribution in [2.24, 2.45) is 17.8 Å². The van der Waals surface area contributed by atoms with Gasteiger partial charge in [-0.25, -0.2) is 4.90 Å². The molecule has 218 valence electrons. The van der Waals surface area contributed by atoms with Crippen molar-refractivity contribution < 1.29 is 23.9 Å². The van der Waals surface area contributed by atoms with E-state index in [4.69, 9.17) is 4.74 Å². The molecule has 2 saturated heterocycles. The summed E-state index contributed by atoms with van der Waals surface area (Å²) in [7, 11) is 0. The molecule has 3 aliphatic carbocycles. The van der Waals surface area contributed by atoms with Gasteiger partial charge in [-0.3, -0.25) is 19.2 Å². The number of anilines is 2. The lowest BCUT2D eigenvalue weighted by Gasteiger charge is -2.45. The Kier molecular flexibility index (Phi) is 5.88. The van der Waals surface area contributed by atoms with Gasteiger partial charge in [0.2, 0.25) is 17.7 Å². The summed E-state index contributed by atoms with van der Waals surface area (Å²) in [5, 5.41) is 0. The molecular formula is C37H30N2O5. The predicted molar refractivity (Wildman–Crippen MR) is 164 cm³/mol. The van der Waals surface area contributed by atoms with Crippen LogP contribution in [0.4, 0.5) is 11.4 Å². The van der Waals surface area contributed by atoms with Crippen LogP contribution in [0.1, 0.15) is 51.6 Å². The topological polar surface area (TPSA) is 84.0 Å². The summed E-state index contributed by atoms with van der Waals surface area (Å²) >= 11 is 0. The minimum atomic E-state index is -0.591. The highest BCUT2D eigenvalue weighted by atomic mass is 16.5. The fourth-order valence-electron chi connectivity index (χ4n) is 7.97. The molecule has 0 N–H and O–H groups in total. The van der Waals surface area contributed by atoms with Crippen molar-refractivity contribution >= 4 is 35.1 Å². The molecule has 44 heavy (non-hydrogen) atoms. The molecule has 4 aromatic rings. The Labute approximate surface area is 255 Å². The lowest BCUT2D eigenvalue weighted by Crippen LogP contribution is -2.41. The van der Waals surface area contributed by atoms with Gasteiger partial charge in [-0.05, 0) is 77.6 Å². The first kappa shape index (κ1) is 26.6. The van der Waals surface area contributed by atoms with Crippen LogP contribution in [-0.4, -0.2) is 30.2 Å². The number of nitrogens with zero attached hydrogens (tertiary/aromatic N) is 2. The molecule has 0 unspecified atom stereocenters. The van der Waals surface area contributed by atoms with E-state index in [0.29, 0.717) is 17.0 Å². The number of hydrogen-bond acceptors (Lipinski definition) is 5. The largest absolute Gasteiger partial charge is 0.426 e. The molecule has 0 radical (unpaired) electrons. The van der Waals surface area contributed by atoms with Crippen LogP contribution in [0.2, 0.25) is 0 Å². The van der Waals surface area contributed by atoms with Crippen molar-refractivity contribution in [1.29, 1.82) is 0 Å². The fourth-order valence-corrected chi connectivity index (χ4v) is 7.97. The van der Waals surface area contributed by atoms with Crippen molar-refractivity contribution in [2.75, 3.05) is 16.3 Å². The number of benzene rings is 4. The summed E-state index contributed by atoms with van der Waals surface area (Å²) in [5.74, 6) is -2.53. The summed E-state index contributed by atoms with van der Waals surface area (Å²) in [6, 6.07) is 29.0. The Bertz CT molecular complexity index is 1800. The molecule has 5 aliphatic rings. The van der Waals surface area contributed by atoms with E-state index >= 15 is 0 Å². The molecule has 0 aromatic heterocycles. The van der Waals surface area contributed by atoms with Gasteiger partial charge in [0.05, 0.1) is 23.4 Å². The molecule has 7 nitrogen and oxygen atoms in total. The van der Waals surface area contributed by atoms with Crippen LogP contribution in [-0.2, 0) is 19.2 Å². The van der Waals surface area contributed by atoms with Crippen molar-refractivity contribution in [3.63, 3.8) is 0 Å². The molecule has 2 aliphatic heterocycles. The Morgan fingerprint density at radius 1 is 0.727 bits per heavy atom. The Hall–Kier alpha value is -5.04. The van der Waals surface area contributed by atoms with E-state index in [1.165, 1.54) is 4.90 Å². The van der Waals surface area contributed by atoms with Crippen LogP contribution < -0.4 is 14.5 Å². The lowest BCUT2D eigenvalue weighted by atomic mass is 9.55. The van der Waals surface area contributed by atoms with Gasteiger partial charge in [0.15, 0.2) is 0 Å². The van der Waals surface area contributed by atoms with Crippen LogP contribution in [0, 0.1) is 31.6 Å². The monoisotopic (exact) mass is 582 g/mol. The second-order valence-corrected chi connectivity index (χ2v) is 12.4. The van der Waals surface area contributed by atoms with Crippen LogP contribution in [0.15, 0.2) is 91.0 Å². The number of ether oxygens (including phenoxy) is 1. The number of carbonyl (C=O) groups is 4. The summed E-state index contributed by atoms with van der Waals surface area (Å²) in [6.07, 6.45) is 0.0799. The van der Waals surface area contributed by atoms with Crippen molar-refractivity contribution in [1.82, 2.24) is 0 Å². The van der Waals surface area contributed by atoms with Crippen LogP contribution in [0.25, 0.3) is 0 Å². The molecule has 0 spiro atoms. The molecule has 2 heterocycles. The second-order valence-electron chi connectivity index (χ2n) is 12.4. The zero-order valence-corrected chi connectivity index (χ0v) is 24.4. The Morgan fingerprint density at radius 3 is 1.86 bits per heavy atom. The van der Waals surface area contributed by atoms with Crippen LogP contribution >= 0.6 is 0 Å². The average molecular weight is 583 g/mol. The molecule has 2 fully saturated rings. The van der Waals surface area contributed by atoms with Gasteiger partial charge in [-0.15, -0.1) is 0 Å². The first-order valence-corrected chi connectivity index (χ1v) is 15.1. The van der Waals surface area contributed by atoms with Gasteiger partial charge in [-0.1, -0.05) is 60.7 Å². The summed E-state index contributed by atoms with van der Waals surface area (Å²) < 4.78 is 5.72. The number of amides is 3. The first-order chi connectivity index (χ1) is 21.3. The van der Waals surface area contributed by atoms with E-state index in [0.717, 1.165) is 33.5 Å². The zero-order valence-electron chi connectivity index (χ0n) is 24.4. The van der Waals surface area contributed by atoms with E-state index < -0.39 is 23.7 Å². The van der Waals surface area contributed by atoms with Gasteiger partial charge in [-0.2, -0.15) is 0 Å². The van der Waals surface area contributed by atoms with Crippen molar-refractivity contribution in [3.05, 3.63) is 124 Å². The van der Waals surface area contributed by atoms with Crippen molar-refractivity contribution in [3.8, 4) is 5.75 Å². The van der Waals surface area contributed by atoms with Gasteiger partial charge in [0, 0.05) is 30.5 Å². The highest BCUT2D eigenvalue weighted by molar-refractivity contribution is 6.23. The molecular weight excluding hydrogens is 552 g/mol. The third kappa shape index (κ3) is 3.81. The second kappa shape index (κ2) is 9.74. The molecule has 2 bridgehead atoms. The molecule has 3 amide bonds. The Morgan fingerprint density at radius 2 is 1.32 bits per heavy atom. The fraction of sp³-hybridized carbons (Fsp3) is 0.243. The van der Waals surface area contributed by atoms with Gasteiger partial charge in [0.1, 0.15) is 5.75 Å². The Balaban J connectivity index is 1.05. The number of carbonyl (C=O) groups excluding carboxylic acids is 4. The minimum absolute atomic E-state index is 0.0799. The van der Waals surface area contributed by atoms with Crippen LogP contribution in [0.5, 0.6) is 5.75 Å². The number of rotatable bonds is 4. The third-order valence-electron chi connectivity index (χ3n) is 9.85. The van der Waals surface area contributed by atoms with E-state index in [1.54, 1.807) is 23.1 Å².